The van der Waals surface area contributed by atoms with Crippen molar-refractivity contribution in [3.05, 3.63) is 60.3 Å². The molecule has 4 rings (SSSR count). The summed E-state index contributed by atoms with van der Waals surface area (Å²) in [6.45, 7) is 0.198. The van der Waals surface area contributed by atoms with Gasteiger partial charge in [0.1, 0.15) is 23.7 Å². The Morgan fingerprint density at radius 2 is 1.88 bits per heavy atom. The highest BCUT2D eigenvalue weighted by Gasteiger charge is 2.24. The van der Waals surface area contributed by atoms with E-state index in [2.05, 4.69) is 10.4 Å². The first-order chi connectivity index (χ1) is 15.6. The van der Waals surface area contributed by atoms with E-state index in [-0.39, 0.29) is 6.54 Å². The van der Waals surface area contributed by atoms with Crippen LogP contribution in [0.4, 0.5) is 0 Å². The van der Waals surface area contributed by atoms with Crippen molar-refractivity contribution in [2.24, 2.45) is 5.92 Å². The largest absolute Gasteiger partial charge is 0.497 e. The predicted octanol–water partition coefficient (Wildman–Crippen LogP) is 3.24. The van der Waals surface area contributed by atoms with Crippen LogP contribution < -0.4 is 14.8 Å². The SMILES string of the molecule is COc1ccc(OC)c(-c2nn(-c3ccccc3)cc2C(=O)NCC(=O)OCC2CC2)c1. The van der Waals surface area contributed by atoms with E-state index in [1.54, 1.807) is 43.3 Å². The summed E-state index contributed by atoms with van der Waals surface area (Å²) in [5.41, 5.74) is 2.10. The molecule has 32 heavy (non-hydrogen) atoms. The topological polar surface area (TPSA) is 91.7 Å². The number of hydrogen-bond donors (Lipinski definition) is 1. The molecule has 0 unspecified atom stereocenters. The van der Waals surface area contributed by atoms with Gasteiger partial charge < -0.3 is 19.5 Å². The molecule has 0 saturated heterocycles. The molecule has 8 heteroatoms. The van der Waals surface area contributed by atoms with Crippen LogP contribution in [0.5, 0.6) is 11.5 Å². The zero-order chi connectivity index (χ0) is 22.5. The number of carbonyl (C=O) groups excluding carboxylic acids is 2. The second-order valence-corrected chi connectivity index (χ2v) is 7.55. The van der Waals surface area contributed by atoms with Crippen LogP contribution in [0.2, 0.25) is 0 Å². The van der Waals surface area contributed by atoms with Crippen LogP contribution in [0.3, 0.4) is 0 Å². The minimum Gasteiger partial charge on any atom is -0.497 e. The van der Waals surface area contributed by atoms with Crippen molar-refractivity contribution in [1.82, 2.24) is 15.1 Å². The maximum absolute atomic E-state index is 13.0. The van der Waals surface area contributed by atoms with Crippen molar-refractivity contribution in [3.8, 4) is 28.4 Å². The standard InChI is InChI=1S/C24H25N3O5/c1-30-18-10-11-21(31-2)19(12-18)23-20(14-27(26-23)17-6-4-3-5-7-17)24(29)25-13-22(28)32-15-16-8-9-16/h3-7,10-12,14,16H,8-9,13,15H2,1-2H3,(H,25,29). The number of rotatable bonds is 9. The van der Waals surface area contributed by atoms with E-state index in [0.717, 1.165) is 18.5 Å². The first kappa shape index (κ1) is 21.4. The molecule has 0 aliphatic heterocycles. The number of nitrogens with zero attached hydrogens (tertiary/aromatic N) is 2. The molecule has 1 aliphatic carbocycles. The Hall–Kier alpha value is -3.81. The van der Waals surface area contributed by atoms with Gasteiger partial charge in [-0.15, -0.1) is 0 Å². The van der Waals surface area contributed by atoms with Gasteiger partial charge in [-0.3, -0.25) is 9.59 Å². The third-order valence-corrected chi connectivity index (χ3v) is 5.21. The van der Waals surface area contributed by atoms with Crippen LogP contribution in [-0.4, -0.2) is 49.0 Å². The molecular weight excluding hydrogens is 410 g/mol. The van der Waals surface area contributed by atoms with Crippen molar-refractivity contribution < 1.29 is 23.8 Å². The smallest absolute Gasteiger partial charge is 0.325 e. The lowest BCUT2D eigenvalue weighted by molar-refractivity contribution is -0.142. The van der Waals surface area contributed by atoms with E-state index >= 15 is 0 Å². The van der Waals surface area contributed by atoms with E-state index in [9.17, 15) is 9.59 Å². The second-order valence-electron chi connectivity index (χ2n) is 7.55. The fourth-order valence-electron chi connectivity index (χ4n) is 3.25. The highest BCUT2D eigenvalue weighted by atomic mass is 16.5. The molecule has 1 amide bonds. The van der Waals surface area contributed by atoms with Crippen molar-refractivity contribution in [2.75, 3.05) is 27.4 Å². The second kappa shape index (κ2) is 9.55. The normalized spacial score (nSPS) is 12.8. The minimum absolute atomic E-state index is 0.212. The van der Waals surface area contributed by atoms with Gasteiger partial charge in [0, 0.05) is 11.8 Å². The van der Waals surface area contributed by atoms with Gasteiger partial charge in [0.2, 0.25) is 0 Å². The molecule has 1 aromatic heterocycles. The summed E-state index contributed by atoms with van der Waals surface area (Å²) >= 11 is 0. The highest BCUT2D eigenvalue weighted by Crippen LogP contribution is 2.35. The first-order valence-electron chi connectivity index (χ1n) is 10.4. The number of ether oxygens (including phenoxy) is 3. The average Bonchev–Trinajstić information content (AvgIpc) is 3.56. The zero-order valence-corrected chi connectivity index (χ0v) is 18.0. The number of esters is 1. The molecule has 166 valence electrons. The van der Waals surface area contributed by atoms with Gasteiger partial charge in [0.05, 0.1) is 32.1 Å². The third kappa shape index (κ3) is 4.91. The molecule has 1 saturated carbocycles. The number of benzene rings is 2. The van der Waals surface area contributed by atoms with Gasteiger partial charge in [-0.25, -0.2) is 4.68 Å². The maximum atomic E-state index is 13.0. The molecule has 1 heterocycles. The Bertz CT molecular complexity index is 1110. The van der Waals surface area contributed by atoms with Gasteiger partial charge in [-0.2, -0.15) is 5.10 Å². The van der Waals surface area contributed by atoms with Crippen LogP contribution in [0.1, 0.15) is 23.2 Å². The summed E-state index contributed by atoms with van der Waals surface area (Å²) in [5.74, 6) is 0.717. The van der Waals surface area contributed by atoms with E-state index in [1.807, 2.05) is 30.3 Å². The zero-order valence-electron chi connectivity index (χ0n) is 18.0. The number of amides is 1. The Balaban J connectivity index is 1.65. The number of carbonyl (C=O) groups is 2. The van der Waals surface area contributed by atoms with Crippen LogP contribution in [0, 0.1) is 5.92 Å². The molecule has 1 aliphatic rings. The summed E-state index contributed by atoms with van der Waals surface area (Å²) in [5, 5.41) is 7.30. The van der Waals surface area contributed by atoms with Crippen molar-refractivity contribution in [3.63, 3.8) is 0 Å². The third-order valence-electron chi connectivity index (χ3n) is 5.21. The van der Waals surface area contributed by atoms with Gasteiger partial charge in [-0.1, -0.05) is 18.2 Å². The Morgan fingerprint density at radius 1 is 1.09 bits per heavy atom. The summed E-state index contributed by atoms with van der Waals surface area (Å²) < 4.78 is 17.7. The number of para-hydroxylation sites is 1. The fraction of sp³-hybridized carbons (Fsp3) is 0.292. The molecule has 0 bridgehead atoms. The molecule has 0 spiro atoms. The maximum Gasteiger partial charge on any atom is 0.325 e. The van der Waals surface area contributed by atoms with Crippen LogP contribution in [-0.2, 0) is 9.53 Å². The number of hydrogen-bond acceptors (Lipinski definition) is 6. The van der Waals surface area contributed by atoms with Crippen LogP contribution >= 0.6 is 0 Å². The molecule has 1 fully saturated rings. The van der Waals surface area contributed by atoms with E-state index < -0.39 is 11.9 Å². The molecule has 1 N–H and O–H groups in total. The predicted molar refractivity (Wildman–Crippen MR) is 118 cm³/mol. The van der Waals surface area contributed by atoms with E-state index in [4.69, 9.17) is 14.2 Å². The Kier molecular flexibility index (Phi) is 6.39. The summed E-state index contributed by atoms with van der Waals surface area (Å²) in [4.78, 5) is 25.0. The monoisotopic (exact) mass is 435 g/mol. The molecular formula is C24H25N3O5. The van der Waals surface area contributed by atoms with Crippen molar-refractivity contribution in [2.45, 2.75) is 12.8 Å². The van der Waals surface area contributed by atoms with Crippen molar-refractivity contribution in [1.29, 1.82) is 0 Å². The summed E-state index contributed by atoms with van der Waals surface area (Å²) in [6.07, 6.45) is 3.81. The summed E-state index contributed by atoms with van der Waals surface area (Å²) in [7, 11) is 3.12. The van der Waals surface area contributed by atoms with Crippen LogP contribution in [0.25, 0.3) is 16.9 Å². The van der Waals surface area contributed by atoms with E-state index in [1.165, 1.54) is 0 Å². The number of nitrogens with one attached hydrogen (secondary N) is 1. The molecule has 3 aromatic rings. The molecule has 0 radical (unpaired) electrons. The lowest BCUT2D eigenvalue weighted by Gasteiger charge is -2.10. The molecule has 8 nitrogen and oxygen atoms in total. The molecule has 0 atom stereocenters. The quantitative estimate of drug-likeness (QED) is 0.519. The lowest BCUT2D eigenvalue weighted by Crippen LogP contribution is -2.31. The van der Waals surface area contributed by atoms with Crippen molar-refractivity contribution >= 4 is 11.9 Å². The Labute approximate surface area is 186 Å². The van der Waals surface area contributed by atoms with Gasteiger partial charge in [0.25, 0.3) is 5.91 Å². The van der Waals surface area contributed by atoms with E-state index in [0.29, 0.717) is 40.8 Å². The Morgan fingerprint density at radius 3 is 2.56 bits per heavy atom. The van der Waals surface area contributed by atoms with Gasteiger partial charge >= 0.3 is 5.97 Å². The summed E-state index contributed by atoms with van der Waals surface area (Å²) in [6, 6.07) is 14.7. The van der Waals surface area contributed by atoms with Gasteiger partial charge in [0.15, 0.2) is 0 Å². The van der Waals surface area contributed by atoms with Gasteiger partial charge in [-0.05, 0) is 49.1 Å². The van der Waals surface area contributed by atoms with Crippen LogP contribution in [0.15, 0.2) is 54.7 Å². The molecule has 2 aromatic carbocycles. The first-order valence-corrected chi connectivity index (χ1v) is 10.4. The number of aromatic nitrogens is 2. The highest BCUT2D eigenvalue weighted by molar-refractivity contribution is 6.01. The fourth-order valence-corrected chi connectivity index (χ4v) is 3.25. The average molecular weight is 435 g/mol. The lowest BCUT2D eigenvalue weighted by atomic mass is 10.1. The number of methoxy groups -OCH3 is 2. The minimum atomic E-state index is -0.457.